The molecule has 2 rings (SSSR count). The van der Waals surface area contributed by atoms with E-state index >= 15 is 0 Å². The van der Waals surface area contributed by atoms with Gasteiger partial charge in [0.05, 0.1) is 20.0 Å². The maximum Gasteiger partial charge on any atom is 0.262 e. The largest absolute Gasteiger partial charge is 0.489 e. The smallest absolute Gasteiger partial charge is 0.262 e. The number of ether oxygens (including phenoxy) is 2. The zero-order valence-corrected chi connectivity index (χ0v) is 11.6. The van der Waals surface area contributed by atoms with Gasteiger partial charge in [0, 0.05) is 19.6 Å². The molecule has 0 amide bonds. The van der Waals surface area contributed by atoms with E-state index in [1.165, 1.54) is 20.5 Å². The summed E-state index contributed by atoms with van der Waals surface area (Å²) in [7, 11) is -0.216. The lowest BCUT2D eigenvalue weighted by Crippen LogP contribution is -2.29. The number of rotatable bonds is 3. The molecular weight excluding hydrogens is 272 g/mol. The van der Waals surface area contributed by atoms with Gasteiger partial charge < -0.3 is 14.4 Å². The van der Waals surface area contributed by atoms with Crippen molar-refractivity contribution in [2.24, 2.45) is 0 Å². The van der Waals surface area contributed by atoms with E-state index in [0.29, 0.717) is 37.1 Å². The molecule has 1 aromatic rings. The predicted octanol–water partition coefficient (Wildman–Crippen LogP) is -0.767. The maximum absolute atomic E-state index is 11.5. The molecular formula is C10H16N4O4S. The Morgan fingerprint density at radius 3 is 2.74 bits per heavy atom. The molecule has 0 unspecified atom stereocenters. The van der Waals surface area contributed by atoms with E-state index in [-0.39, 0.29) is 5.75 Å². The lowest BCUT2D eigenvalue weighted by atomic mass is 10.4. The van der Waals surface area contributed by atoms with E-state index < -0.39 is 10.0 Å². The van der Waals surface area contributed by atoms with Crippen molar-refractivity contribution in [3.05, 3.63) is 6.33 Å². The van der Waals surface area contributed by atoms with Crippen LogP contribution >= 0.6 is 0 Å². The Kier molecular flexibility index (Phi) is 4.05. The Balaban J connectivity index is 2.31. The second kappa shape index (κ2) is 5.57. The van der Waals surface area contributed by atoms with Crippen molar-refractivity contribution < 1.29 is 17.9 Å². The second-order valence-corrected chi connectivity index (χ2v) is 5.87. The molecule has 1 saturated heterocycles. The highest BCUT2D eigenvalue weighted by atomic mass is 32.2. The van der Waals surface area contributed by atoms with Crippen LogP contribution in [0.15, 0.2) is 6.33 Å². The maximum atomic E-state index is 11.5. The molecule has 0 aliphatic carbocycles. The van der Waals surface area contributed by atoms with Gasteiger partial charge in [-0.15, -0.1) is 0 Å². The lowest BCUT2D eigenvalue weighted by Gasteiger charge is -2.22. The van der Waals surface area contributed by atoms with Crippen molar-refractivity contribution in [3.8, 4) is 11.6 Å². The van der Waals surface area contributed by atoms with Gasteiger partial charge in [-0.25, -0.2) is 18.1 Å². The average molecular weight is 288 g/mol. The van der Waals surface area contributed by atoms with Gasteiger partial charge in [0.15, 0.2) is 5.82 Å². The summed E-state index contributed by atoms with van der Waals surface area (Å²) in [4.78, 5) is 9.95. The average Bonchev–Trinajstić information content (AvgIpc) is 2.58. The van der Waals surface area contributed by atoms with Crippen molar-refractivity contribution >= 4 is 15.8 Å². The number of nitrogens with one attached hydrogen (secondary N) is 1. The molecule has 19 heavy (non-hydrogen) atoms. The van der Waals surface area contributed by atoms with Crippen LogP contribution in [0.3, 0.4) is 0 Å². The minimum absolute atomic E-state index is 0.0163. The number of nitrogens with zero attached hydrogens (tertiary/aromatic N) is 3. The van der Waals surface area contributed by atoms with Crippen molar-refractivity contribution in [3.63, 3.8) is 0 Å². The monoisotopic (exact) mass is 288 g/mol. The number of sulfonamides is 1. The van der Waals surface area contributed by atoms with Crippen molar-refractivity contribution in [1.82, 2.24) is 14.7 Å². The van der Waals surface area contributed by atoms with Crippen LogP contribution in [0.5, 0.6) is 11.6 Å². The molecule has 106 valence electrons. The highest BCUT2D eigenvalue weighted by Crippen LogP contribution is 2.33. The fraction of sp³-hybridized carbons (Fsp3) is 0.600. The van der Waals surface area contributed by atoms with Crippen LogP contribution in [0.4, 0.5) is 5.82 Å². The fourth-order valence-electron chi connectivity index (χ4n) is 1.86. The van der Waals surface area contributed by atoms with Gasteiger partial charge in [-0.2, -0.15) is 4.98 Å². The Bertz CT molecular complexity index is 548. The van der Waals surface area contributed by atoms with Gasteiger partial charge in [0.25, 0.3) is 5.88 Å². The number of anilines is 1. The second-order valence-electron chi connectivity index (χ2n) is 3.94. The summed E-state index contributed by atoms with van der Waals surface area (Å²) in [6.07, 6.45) is 1.36. The van der Waals surface area contributed by atoms with E-state index in [1.807, 2.05) is 4.90 Å². The molecule has 1 N–H and O–H groups in total. The first-order valence-electron chi connectivity index (χ1n) is 5.72. The summed E-state index contributed by atoms with van der Waals surface area (Å²) in [5.74, 6) is 1.28. The first-order chi connectivity index (χ1) is 9.07. The van der Waals surface area contributed by atoms with E-state index in [9.17, 15) is 8.42 Å². The molecule has 2 heterocycles. The molecule has 0 saturated carbocycles. The van der Waals surface area contributed by atoms with Crippen LogP contribution in [0.2, 0.25) is 0 Å². The zero-order valence-electron chi connectivity index (χ0n) is 10.8. The lowest BCUT2D eigenvalue weighted by molar-refractivity contribution is 0.341. The molecule has 0 bridgehead atoms. The SMILES string of the molecule is COc1ncnc(N2CCNS(=O)(=O)CC2)c1OC. The van der Waals surface area contributed by atoms with Crippen LogP contribution in [-0.2, 0) is 10.0 Å². The number of aromatic nitrogens is 2. The van der Waals surface area contributed by atoms with Gasteiger partial charge in [0.1, 0.15) is 6.33 Å². The fourth-order valence-corrected chi connectivity index (χ4v) is 2.87. The normalized spacial score (nSPS) is 18.7. The van der Waals surface area contributed by atoms with Crippen LogP contribution in [0.25, 0.3) is 0 Å². The van der Waals surface area contributed by atoms with Gasteiger partial charge in [0.2, 0.25) is 15.8 Å². The van der Waals surface area contributed by atoms with Gasteiger partial charge in [-0.1, -0.05) is 0 Å². The Labute approximate surface area is 111 Å². The molecule has 9 heteroatoms. The van der Waals surface area contributed by atoms with E-state index in [0.717, 1.165) is 0 Å². The summed E-state index contributed by atoms with van der Waals surface area (Å²) in [6.45, 7) is 1.18. The predicted molar refractivity (Wildman–Crippen MR) is 69.1 cm³/mol. The highest BCUT2D eigenvalue weighted by molar-refractivity contribution is 7.89. The Hall–Kier alpha value is -1.61. The molecule has 1 aliphatic rings. The third kappa shape index (κ3) is 3.04. The molecule has 8 nitrogen and oxygen atoms in total. The van der Waals surface area contributed by atoms with Crippen molar-refractivity contribution in [1.29, 1.82) is 0 Å². The summed E-state index contributed by atoms with van der Waals surface area (Å²) < 4.78 is 35.9. The minimum Gasteiger partial charge on any atom is -0.489 e. The van der Waals surface area contributed by atoms with Gasteiger partial charge >= 0.3 is 0 Å². The van der Waals surface area contributed by atoms with Gasteiger partial charge in [-0.3, -0.25) is 0 Å². The van der Waals surface area contributed by atoms with Gasteiger partial charge in [-0.05, 0) is 0 Å². The molecule has 0 radical (unpaired) electrons. The number of hydrogen-bond donors (Lipinski definition) is 1. The van der Waals surface area contributed by atoms with Crippen LogP contribution < -0.4 is 19.1 Å². The molecule has 1 fully saturated rings. The zero-order chi connectivity index (χ0) is 13.9. The summed E-state index contributed by atoms with van der Waals surface area (Å²) >= 11 is 0. The van der Waals surface area contributed by atoms with E-state index in [2.05, 4.69) is 14.7 Å². The third-order valence-corrected chi connectivity index (χ3v) is 4.15. The Morgan fingerprint density at radius 1 is 1.26 bits per heavy atom. The highest BCUT2D eigenvalue weighted by Gasteiger charge is 2.23. The quantitative estimate of drug-likeness (QED) is 0.780. The summed E-state index contributed by atoms with van der Waals surface area (Å²) in [6, 6.07) is 0. The molecule has 0 aromatic carbocycles. The standard InChI is InChI=1S/C10H16N4O4S/c1-17-8-9(11-7-12-10(8)18-2)14-4-3-13-19(15,16)6-5-14/h7,13H,3-6H2,1-2H3. The van der Waals surface area contributed by atoms with Crippen LogP contribution in [-0.4, -0.2) is 58.0 Å². The molecule has 0 spiro atoms. The number of hydrogen-bond acceptors (Lipinski definition) is 7. The van der Waals surface area contributed by atoms with Crippen molar-refractivity contribution in [2.45, 2.75) is 0 Å². The van der Waals surface area contributed by atoms with E-state index in [4.69, 9.17) is 9.47 Å². The first kappa shape index (κ1) is 13.8. The molecule has 1 aromatic heterocycles. The Morgan fingerprint density at radius 2 is 2.05 bits per heavy atom. The third-order valence-electron chi connectivity index (χ3n) is 2.78. The van der Waals surface area contributed by atoms with Crippen molar-refractivity contribution in [2.75, 3.05) is 44.5 Å². The summed E-state index contributed by atoms with van der Waals surface area (Å²) in [5, 5.41) is 0. The number of methoxy groups -OCH3 is 2. The van der Waals surface area contributed by atoms with Crippen LogP contribution in [0, 0.1) is 0 Å². The summed E-state index contributed by atoms with van der Waals surface area (Å²) in [5.41, 5.74) is 0. The molecule has 1 aliphatic heterocycles. The first-order valence-corrected chi connectivity index (χ1v) is 7.38. The minimum atomic E-state index is -3.20. The topological polar surface area (TPSA) is 93.7 Å². The van der Waals surface area contributed by atoms with E-state index in [1.54, 1.807) is 0 Å². The van der Waals surface area contributed by atoms with Crippen LogP contribution in [0.1, 0.15) is 0 Å². The molecule has 0 atom stereocenters.